The Kier molecular flexibility index (Phi) is 3.34. The summed E-state index contributed by atoms with van der Waals surface area (Å²) in [5.41, 5.74) is -1.52. The van der Waals surface area contributed by atoms with Crippen LogP contribution in [0.3, 0.4) is 0 Å². The molecule has 0 aliphatic rings. The molecular formula is C7H2Cl2F3NO. The van der Waals surface area contributed by atoms with Crippen molar-refractivity contribution < 1.29 is 18.0 Å². The molecule has 0 atom stereocenters. The standard InChI is InChI=1S/C7H2Cl2F3NO/c8-4-3(5(9)14)2(6(10)11)1-13-7(4)12/h1,6H. The van der Waals surface area contributed by atoms with Crippen LogP contribution in [0.2, 0.25) is 5.02 Å². The average molecular weight is 244 g/mol. The van der Waals surface area contributed by atoms with Gasteiger partial charge in [-0.2, -0.15) is 4.39 Å². The predicted octanol–water partition coefficient (Wildman–Crippen LogP) is 3.19. The second-order valence-corrected chi connectivity index (χ2v) is 2.99. The summed E-state index contributed by atoms with van der Waals surface area (Å²) in [6.45, 7) is 0. The van der Waals surface area contributed by atoms with Crippen molar-refractivity contribution in [3.05, 3.63) is 28.3 Å². The summed E-state index contributed by atoms with van der Waals surface area (Å²) in [6.07, 6.45) is -2.46. The molecule has 76 valence electrons. The second kappa shape index (κ2) is 4.14. The number of alkyl halides is 2. The normalized spacial score (nSPS) is 10.7. The molecule has 0 bridgehead atoms. The Hall–Kier alpha value is -0.810. The van der Waals surface area contributed by atoms with Gasteiger partial charge in [-0.05, 0) is 11.6 Å². The average Bonchev–Trinajstić information content (AvgIpc) is 2.08. The molecule has 1 aromatic rings. The number of nitrogens with zero attached hydrogens (tertiary/aromatic N) is 1. The molecule has 0 spiro atoms. The van der Waals surface area contributed by atoms with E-state index in [9.17, 15) is 18.0 Å². The van der Waals surface area contributed by atoms with E-state index in [1.807, 2.05) is 0 Å². The van der Waals surface area contributed by atoms with Crippen LogP contribution in [0.4, 0.5) is 13.2 Å². The van der Waals surface area contributed by atoms with E-state index in [4.69, 9.17) is 23.2 Å². The number of pyridine rings is 1. The van der Waals surface area contributed by atoms with Crippen molar-refractivity contribution in [3.63, 3.8) is 0 Å². The zero-order chi connectivity index (χ0) is 10.9. The van der Waals surface area contributed by atoms with Gasteiger partial charge in [-0.15, -0.1) is 0 Å². The van der Waals surface area contributed by atoms with Gasteiger partial charge in [0.25, 0.3) is 11.7 Å². The fraction of sp³-hybridized carbons (Fsp3) is 0.143. The zero-order valence-corrected chi connectivity index (χ0v) is 7.91. The number of hydrogen-bond acceptors (Lipinski definition) is 2. The van der Waals surface area contributed by atoms with E-state index in [0.29, 0.717) is 6.20 Å². The summed E-state index contributed by atoms with van der Waals surface area (Å²) in [7, 11) is 0. The van der Waals surface area contributed by atoms with Gasteiger partial charge >= 0.3 is 0 Å². The lowest BCUT2D eigenvalue weighted by Gasteiger charge is -2.06. The molecule has 0 fully saturated rings. The van der Waals surface area contributed by atoms with Gasteiger partial charge in [0, 0.05) is 11.8 Å². The van der Waals surface area contributed by atoms with Gasteiger partial charge in [0.15, 0.2) is 0 Å². The minimum absolute atomic E-state index is 0.529. The van der Waals surface area contributed by atoms with Crippen LogP contribution in [0.25, 0.3) is 0 Å². The smallest absolute Gasteiger partial charge is 0.266 e. The summed E-state index contributed by atoms with van der Waals surface area (Å²) in [4.78, 5) is 13.7. The van der Waals surface area contributed by atoms with Crippen molar-refractivity contribution in [2.75, 3.05) is 0 Å². The van der Waals surface area contributed by atoms with E-state index >= 15 is 0 Å². The van der Waals surface area contributed by atoms with E-state index in [1.54, 1.807) is 0 Å². The molecule has 7 heteroatoms. The Balaban J connectivity index is 3.45. The van der Waals surface area contributed by atoms with Crippen LogP contribution >= 0.6 is 23.2 Å². The topological polar surface area (TPSA) is 30.0 Å². The van der Waals surface area contributed by atoms with Crippen LogP contribution < -0.4 is 0 Å². The first-order valence-electron chi connectivity index (χ1n) is 3.27. The monoisotopic (exact) mass is 243 g/mol. The first-order valence-corrected chi connectivity index (χ1v) is 4.02. The van der Waals surface area contributed by atoms with Gasteiger partial charge in [-0.25, -0.2) is 13.8 Å². The Labute approximate surface area is 86.6 Å². The Morgan fingerprint density at radius 2 is 2.07 bits per heavy atom. The van der Waals surface area contributed by atoms with E-state index in [2.05, 4.69) is 4.98 Å². The first-order chi connectivity index (χ1) is 6.45. The molecule has 0 N–H and O–H groups in total. The third-order valence-corrected chi connectivity index (χ3v) is 1.97. The molecular weight excluding hydrogens is 242 g/mol. The summed E-state index contributed by atoms with van der Waals surface area (Å²) in [5, 5.41) is -2.03. The highest BCUT2D eigenvalue weighted by molar-refractivity contribution is 6.69. The summed E-state index contributed by atoms with van der Waals surface area (Å²) in [5.74, 6) is -1.21. The number of halogens is 5. The third kappa shape index (κ3) is 1.99. The molecule has 0 saturated carbocycles. The molecule has 0 aliphatic carbocycles. The van der Waals surface area contributed by atoms with Crippen molar-refractivity contribution in [2.45, 2.75) is 6.43 Å². The Morgan fingerprint density at radius 3 is 2.50 bits per heavy atom. The van der Waals surface area contributed by atoms with Gasteiger partial charge in [-0.3, -0.25) is 4.79 Å². The molecule has 14 heavy (non-hydrogen) atoms. The van der Waals surface area contributed by atoms with Gasteiger partial charge < -0.3 is 0 Å². The number of carbonyl (C=O) groups is 1. The van der Waals surface area contributed by atoms with Gasteiger partial charge in [-0.1, -0.05) is 11.6 Å². The lowest BCUT2D eigenvalue weighted by molar-refractivity contribution is 0.106. The highest BCUT2D eigenvalue weighted by Gasteiger charge is 2.23. The molecule has 0 amide bonds. The SMILES string of the molecule is O=C(Cl)c1c(C(F)F)cnc(F)c1Cl. The highest BCUT2D eigenvalue weighted by Crippen LogP contribution is 2.29. The van der Waals surface area contributed by atoms with Crippen molar-refractivity contribution in [3.8, 4) is 0 Å². The van der Waals surface area contributed by atoms with E-state index in [1.165, 1.54) is 0 Å². The molecule has 0 unspecified atom stereocenters. The van der Waals surface area contributed by atoms with Crippen molar-refractivity contribution in [2.24, 2.45) is 0 Å². The Bertz CT molecular complexity index is 383. The molecule has 0 aromatic carbocycles. The molecule has 1 aromatic heterocycles. The van der Waals surface area contributed by atoms with Crippen LogP contribution in [0.15, 0.2) is 6.20 Å². The van der Waals surface area contributed by atoms with Crippen molar-refractivity contribution in [1.82, 2.24) is 4.98 Å². The fourth-order valence-electron chi connectivity index (χ4n) is 0.843. The fourth-order valence-corrected chi connectivity index (χ4v) is 1.34. The largest absolute Gasteiger partial charge is 0.276 e. The minimum Gasteiger partial charge on any atom is -0.276 e. The molecule has 0 saturated heterocycles. The predicted molar refractivity (Wildman–Crippen MR) is 44.3 cm³/mol. The molecule has 0 radical (unpaired) electrons. The van der Waals surface area contributed by atoms with Crippen LogP contribution in [0, 0.1) is 5.95 Å². The van der Waals surface area contributed by atoms with Gasteiger partial charge in [0.2, 0.25) is 5.95 Å². The zero-order valence-electron chi connectivity index (χ0n) is 6.40. The van der Waals surface area contributed by atoms with Crippen molar-refractivity contribution in [1.29, 1.82) is 0 Å². The van der Waals surface area contributed by atoms with Crippen LogP contribution in [0.1, 0.15) is 22.3 Å². The van der Waals surface area contributed by atoms with Crippen LogP contribution in [-0.2, 0) is 0 Å². The van der Waals surface area contributed by atoms with E-state index in [0.717, 1.165) is 0 Å². The summed E-state index contributed by atoms with van der Waals surface area (Å²) >= 11 is 10.2. The van der Waals surface area contributed by atoms with Crippen LogP contribution in [0.5, 0.6) is 0 Å². The maximum Gasteiger partial charge on any atom is 0.266 e. The van der Waals surface area contributed by atoms with Crippen LogP contribution in [-0.4, -0.2) is 10.2 Å². The number of carbonyl (C=O) groups excluding carboxylic acids is 1. The molecule has 0 aliphatic heterocycles. The lowest BCUT2D eigenvalue weighted by Crippen LogP contribution is -2.03. The maximum absolute atomic E-state index is 12.7. The minimum atomic E-state index is -2.99. The molecule has 2 nitrogen and oxygen atoms in total. The quantitative estimate of drug-likeness (QED) is 0.590. The van der Waals surface area contributed by atoms with Crippen molar-refractivity contribution >= 4 is 28.4 Å². The van der Waals surface area contributed by atoms with E-state index in [-0.39, 0.29) is 0 Å². The number of rotatable bonds is 2. The third-order valence-electron chi connectivity index (χ3n) is 1.44. The Morgan fingerprint density at radius 1 is 1.50 bits per heavy atom. The summed E-state index contributed by atoms with van der Waals surface area (Å²) in [6, 6.07) is 0. The van der Waals surface area contributed by atoms with E-state index < -0.39 is 33.8 Å². The van der Waals surface area contributed by atoms with Gasteiger partial charge in [0.05, 0.1) is 5.56 Å². The first kappa shape index (κ1) is 11.3. The molecule has 1 rings (SSSR count). The second-order valence-electron chi connectivity index (χ2n) is 2.27. The highest BCUT2D eigenvalue weighted by atomic mass is 35.5. The summed E-state index contributed by atoms with van der Waals surface area (Å²) < 4.78 is 37.2. The number of aromatic nitrogens is 1. The molecule has 1 heterocycles. The lowest BCUT2D eigenvalue weighted by atomic mass is 10.1. The maximum atomic E-state index is 12.7. The number of hydrogen-bond donors (Lipinski definition) is 0. The van der Waals surface area contributed by atoms with Gasteiger partial charge in [0.1, 0.15) is 5.02 Å².